The Morgan fingerprint density at radius 2 is 2.23 bits per heavy atom. The summed E-state index contributed by atoms with van der Waals surface area (Å²) in [6, 6.07) is 7.37. The second-order valence-corrected chi connectivity index (χ2v) is 7.52. The van der Waals surface area contributed by atoms with Crippen LogP contribution in [0.25, 0.3) is 10.8 Å². The SMILES string of the molecule is CCNC1CCCN(S(=O)(=O)c2cccc3cnccc23)C1. The van der Waals surface area contributed by atoms with Crippen molar-refractivity contribution in [3.05, 3.63) is 36.7 Å². The number of nitrogens with one attached hydrogen (secondary N) is 1. The summed E-state index contributed by atoms with van der Waals surface area (Å²) in [7, 11) is -3.47. The average molecular weight is 319 g/mol. The molecule has 118 valence electrons. The molecule has 1 unspecified atom stereocenters. The number of rotatable bonds is 4. The van der Waals surface area contributed by atoms with Gasteiger partial charge in [-0.15, -0.1) is 0 Å². The predicted molar refractivity (Wildman–Crippen MR) is 87.2 cm³/mol. The lowest BCUT2D eigenvalue weighted by atomic mass is 10.1. The van der Waals surface area contributed by atoms with Gasteiger partial charge in [0.15, 0.2) is 0 Å². The Morgan fingerprint density at radius 3 is 3.05 bits per heavy atom. The summed E-state index contributed by atoms with van der Waals surface area (Å²) in [5.41, 5.74) is 0. The van der Waals surface area contributed by atoms with Crippen molar-refractivity contribution in [1.29, 1.82) is 0 Å². The number of hydrogen-bond donors (Lipinski definition) is 1. The smallest absolute Gasteiger partial charge is 0.243 e. The minimum Gasteiger partial charge on any atom is -0.313 e. The summed E-state index contributed by atoms with van der Waals surface area (Å²) in [6.45, 7) is 4.03. The number of aromatic nitrogens is 1. The van der Waals surface area contributed by atoms with E-state index in [0.717, 1.165) is 30.2 Å². The summed E-state index contributed by atoms with van der Waals surface area (Å²) in [4.78, 5) is 4.45. The maximum atomic E-state index is 13.0. The molecule has 1 aliphatic heterocycles. The molecule has 22 heavy (non-hydrogen) atoms. The lowest BCUT2D eigenvalue weighted by Gasteiger charge is -2.32. The lowest BCUT2D eigenvalue weighted by Crippen LogP contribution is -2.47. The molecule has 1 aliphatic rings. The van der Waals surface area contributed by atoms with Gasteiger partial charge in [0.2, 0.25) is 10.0 Å². The Bertz CT molecular complexity index is 754. The molecule has 1 N–H and O–H groups in total. The van der Waals surface area contributed by atoms with E-state index >= 15 is 0 Å². The van der Waals surface area contributed by atoms with Crippen molar-refractivity contribution in [2.75, 3.05) is 19.6 Å². The summed E-state index contributed by atoms with van der Waals surface area (Å²) in [6.07, 6.45) is 5.26. The van der Waals surface area contributed by atoms with Crippen molar-refractivity contribution >= 4 is 20.8 Å². The molecule has 1 aromatic heterocycles. The first kappa shape index (κ1) is 15.4. The van der Waals surface area contributed by atoms with Crippen LogP contribution in [0.4, 0.5) is 0 Å². The number of fused-ring (bicyclic) bond motifs is 1. The molecular formula is C16H21N3O2S. The van der Waals surface area contributed by atoms with E-state index in [2.05, 4.69) is 10.3 Å². The Morgan fingerprint density at radius 1 is 1.36 bits per heavy atom. The number of pyridine rings is 1. The largest absolute Gasteiger partial charge is 0.313 e. The maximum Gasteiger partial charge on any atom is 0.243 e. The van der Waals surface area contributed by atoms with Crippen LogP contribution in [0.1, 0.15) is 19.8 Å². The summed E-state index contributed by atoms with van der Waals surface area (Å²) in [5, 5.41) is 4.95. The fourth-order valence-corrected chi connectivity index (χ4v) is 4.81. The van der Waals surface area contributed by atoms with Crippen LogP contribution in [0.3, 0.4) is 0 Å². The van der Waals surface area contributed by atoms with E-state index in [4.69, 9.17) is 0 Å². The highest BCUT2D eigenvalue weighted by molar-refractivity contribution is 7.89. The van der Waals surface area contributed by atoms with E-state index in [0.29, 0.717) is 18.0 Å². The fraction of sp³-hybridized carbons (Fsp3) is 0.438. The minimum atomic E-state index is -3.47. The predicted octanol–water partition coefficient (Wildman–Crippen LogP) is 2.00. The van der Waals surface area contributed by atoms with Gasteiger partial charge < -0.3 is 5.32 Å². The van der Waals surface area contributed by atoms with Gasteiger partial charge in [-0.1, -0.05) is 19.1 Å². The zero-order valence-electron chi connectivity index (χ0n) is 12.7. The van der Waals surface area contributed by atoms with Gasteiger partial charge in [0.05, 0.1) is 4.90 Å². The molecule has 1 fully saturated rings. The Kier molecular flexibility index (Phi) is 4.42. The molecule has 0 spiro atoms. The number of piperidine rings is 1. The zero-order chi connectivity index (χ0) is 15.6. The van der Waals surface area contributed by atoms with Gasteiger partial charge in [-0.25, -0.2) is 8.42 Å². The maximum absolute atomic E-state index is 13.0. The summed E-state index contributed by atoms with van der Waals surface area (Å²) in [5.74, 6) is 0. The van der Waals surface area contributed by atoms with Gasteiger partial charge in [-0.3, -0.25) is 4.98 Å². The topological polar surface area (TPSA) is 62.3 Å². The van der Waals surface area contributed by atoms with Gasteiger partial charge in [0, 0.05) is 42.3 Å². The zero-order valence-corrected chi connectivity index (χ0v) is 13.5. The van der Waals surface area contributed by atoms with Gasteiger partial charge in [-0.05, 0) is 31.5 Å². The monoisotopic (exact) mass is 319 g/mol. The Hall–Kier alpha value is -1.50. The van der Waals surface area contributed by atoms with Crippen molar-refractivity contribution in [2.45, 2.75) is 30.7 Å². The van der Waals surface area contributed by atoms with Crippen LogP contribution in [-0.4, -0.2) is 43.4 Å². The highest BCUT2D eigenvalue weighted by atomic mass is 32.2. The summed E-state index contributed by atoms with van der Waals surface area (Å²) >= 11 is 0. The minimum absolute atomic E-state index is 0.241. The van der Waals surface area contributed by atoms with E-state index in [1.54, 1.807) is 34.9 Å². The van der Waals surface area contributed by atoms with Gasteiger partial charge in [-0.2, -0.15) is 4.31 Å². The van der Waals surface area contributed by atoms with Crippen LogP contribution in [0.5, 0.6) is 0 Å². The van der Waals surface area contributed by atoms with E-state index in [1.165, 1.54) is 0 Å². The van der Waals surface area contributed by atoms with Crippen molar-refractivity contribution in [2.24, 2.45) is 0 Å². The third kappa shape index (κ3) is 2.86. The molecule has 2 aromatic rings. The molecule has 3 rings (SSSR count). The second kappa shape index (κ2) is 6.32. The first-order chi connectivity index (χ1) is 10.6. The van der Waals surface area contributed by atoms with Crippen molar-refractivity contribution in [3.63, 3.8) is 0 Å². The van der Waals surface area contributed by atoms with E-state index in [1.807, 2.05) is 13.0 Å². The van der Waals surface area contributed by atoms with Crippen LogP contribution in [0.2, 0.25) is 0 Å². The molecule has 0 aliphatic carbocycles. The molecule has 6 heteroatoms. The van der Waals surface area contributed by atoms with Crippen LogP contribution >= 0.6 is 0 Å². The Labute approximate surface area is 131 Å². The first-order valence-electron chi connectivity index (χ1n) is 7.69. The van der Waals surface area contributed by atoms with Gasteiger partial charge >= 0.3 is 0 Å². The fourth-order valence-electron chi connectivity index (χ4n) is 3.07. The normalized spacial score (nSPS) is 20.3. The molecule has 1 aromatic carbocycles. The second-order valence-electron chi connectivity index (χ2n) is 5.61. The molecule has 0 bridgehead atoms. The Balaban J connectivity index is 1.98. The van der Waals surface area contributed by atoms with Crippen molar-refractivity contribution < 1.29 is 8.42 Å². The van der Waals surface area contributed by atoms with E-state index in [9.17, 15) is 8.42 Å². The van der Waals surface area contributed by atoms with Gasteiger partial charge in [0.25, 0.3) is 0 Å². The number of benzene rings is 1. The first-order valence-corrected chi connectivity index (χ1v) is 9.13. The van der Waals surface area contributed by atoms with Gasteiger partial charge in [0.1, 0.15) is 0 Å². The number of sulfonamides is 1. The number of nitrogens with zero attached hydrogens (tertiary/aromatic N) is 2. The molecule has 5 nitrogen and oxygen atoms in total. The quantitative estimate of drug-likeness (QED) is 0.936. The third-order valence-electron chi connectivity index (χ3n) is 4.14. The standard InChI is InChI=1S/C16H21N3O2S/c1-2-18-14-6-4-10-19(12-14)22(20,21)16-7-3-5-13-11-17-9-8-15(13)16/h3,5,7-9,11,14,18H,2,4,6,10,12H2,1H3. The summed E-state index contributed by atoms with van der Waals surface area (Å²) < 4.78 is 27.7. The molecule has 1 saturated heterocycles. The molecule has 1 atom stereocenters. The molecule has 2 heterocycles. The van der Waals surface area contributed by atoms with Crippen LogP contribution in [0.15, 0.2) is 41.6 Å². The third-order valence-corrected chi connectivity index (χ3v) is 6.06. The van der Waals surface area contributed by atoms with Crippen LogP contribution in [-0.2, 0) is 10.0 Å². The number of likely N-dealkylation sites (N-methyl/N-ethyl adjacent to an activating group) is 1. The van der Waals surface area contributed by atoms with Crippen molar-refractivity contribution in [1.82, 2.24) is 14.6 Å². The molecule has 0 amide bonds. The average Bonchev–Trinajstić information content (AvgIpc) is 2.55. The highest BCUT2D eigenvalue weighted by Gasteiger charge is 2.30. The van der Waals surface area contributed by atoms with E-state index in [-0.39, 0.29) is 6.04 Å². The molecular weight excluding hydrogens is 298 g/mol. The van der Waals surface area contributed by atoms with E-state index < -0.39 is 10.0 Å². The lowest BCUT2D eigenvalue weighted by molar-refractivity contribution is 0.286. The van der Waals surface area contributed by atoms with Crippen LogP contribution in [0, 0.1) is 0 Å². The molecule has 0 saturated carbocycles. The van der Waals surface area contributed by atoms with Crippen LogP contribution < -0.4 is 5.32 Å². The molecule has 0 radical (unpaired) electrons. The highest BCUT2D eigenvalue weighted by Crippen LogP contribution is 2.27. The number of hydrogen-bond acceptors (Lipinski definition) is 4. The van der Waals surface area contributed by atoms with Crippen molar-refractivity contribution in [3.8, 4) is 0 Å².